The van der Waals surface area contributed by atoms with Gasteiger partial charge in [0, 0.05) is 12.8 Å². The molecular formula is C47H76O12S. The fourth-order valence-electron chi connectivity index (χ4n) is 6.11. The maximum Gasteiger partial charge on any atom is 0.306 e. The SMILES string of the molecule is CC/C=C/C=C/C=C/C=C/CCCCCCCC(=O)OC[C@H](CO[C@H]1O[C@H](CS(=O)(=O)O)[C@@H](O)C(O)C1O)OC(=O)CCC/C=C/C/C=C/C/C=C/CCCCCCCC. The smallest absolute Gasteiger partial charge is 0.306 e. The van der Waals surface area contributed by atoms with Gasteiger partial charge in [-0.2, -0.15) is 8.42 Å². The summed E-state index contributed by atoms with van der Waals surface area (Å²) in [7, 11) is -4.62. The van der Waals surface area contributed by atoms with Crippen LogP contribution in [0.4, 0.5) is 0 Å². The maximum atomic E-state index is 12.8. The number of esters is 2. The highest BCUT2D eigenvalue weighted by Crippen LogP contribution is 2.24. The molecule has 0 aromatic rings. The summed E-state index contributed by atoms with van der Waals surface area (Å²) < 4.78 is 53.9. The van der Waals surface area contributed by atoms with Crippen molar-refractivity contribution in [2.24, 2.45) is 0 Å². The van der Waals surface area contributed by atoms with Crippen molar-refractivity contribution in [1.29, 1.82) is 0 Å². The molecule has 1 aliphatic rings. The summed E-state index contributed by atoms with van der Waals surface area (Å²) in [6.45, 7) is 3.53. The first-order chi connectivity index (χ1) is 29.0. The zero-order valence-electron chi connectivity index (χ0n) is 36.3. The Morgan fingerprint density at radius 3 is 1.77 bits per heavy atom. The largest absolute Gasteiger partial charge is 0.462 e. The van der Waals surface area contributed by atoms with Gasteiger partial charge in [0.1, 0.15) is 36.8 Å². The number of hydrogen-bond acceptors (Lipinski definition) is 11. The fraction of sp³-hybridized carbons (Fsp3) is 0.660. The van der Waals surface area contributed by atoms with Crippen LogP contribution in [0.3, 0.4) is 0 Å². The Labute approximate surface area is 360 Å². The molecule has 12 nitrogen and oxygen atoms in total. The average Bonchev–Trinajstić information content (AvgIpc) is 3.21. The van der Waals surface area contributed by atoms with Gasteiger partial charge < -0.3 is 34.3 Å². The van der Waals surface area contributed by atoms with E-state index in [1.807, 2.05) is 48.6 Å². The summed E-state index contributed by atoms with van der Waals surface area (Å²) in [5, 5.41) is 30.9. The summed E-state index contributed by atoms with van der Waals surface area (Å²) in [6, 6.07) is 0. The molecule has 0 radical (unpaired) electrons. The summed E-state index contributed by atoms with van der Waals surface area (Å²) in [5.74, 6) is -2.10. The molecule has 60 heavy (non-hydrogen) atoms. The van der Waals surface area contributed by atoms with Crippen LogP contribution in [0.25, 0.3) is 0 Å². The van der Waals surface area contributed by atoms with Gasteiger partial charge in [-0.3, -0.25) is 14.1 Å². The van der Waals surface area contributed by atoms with E-state index in [1.54, 1.807) is 0 Å². The number of unbranched alkanes of at least 4 members (excludes halogenated alkanes) is 12. The lowest BCUT2D eigenvalue weighted by Crippen LogP contribution is -2.60. The fourth-order valence-corrected chi connectivity index (χ4v) is 6.80. The van der Waals surface area contributed by atoms with Crippen molar-refractivity contribution in [3.63, 3.8) is 0 Å². The van der Waals surface area contributed by atoms with Crippen molar-refractivity contribution in [3.05, 3.63) is 85.1 Å². The Bertz CT molecular complexity index is 1430. The van der Waals surface area contributed by atoms with Crippen LogP contribution in [0, 0.1) is 0 Å². The number of carbonyl (C=O) groups is 2. The third kappa shape index (κ3) is 30.8. The van der Waals surface area contributed by atoms with Crippen molar-refractivity contribution in [3.8, 4) is 0 Å². The molecule has 0 aliphatic carbocycles. The molecule has 342 valence electrons. The topological polar surface area (TPSA) is 186 Å². The van der Waals surface area contributed by atoms with Crippen molar-refractivity contribution in [2.75, 3.05) is 19.0 Å². The Kier molecular flexibility index (Phi) is 33.3. The highest BCUT2D eigenvalue weighted by molar-refractivity contribution is 7.85. The van der Waals surface area contributed by atoms with Crippen LogP contribution in [-0.2, 0) is 38.7 Å². The number of allylic oxidation sites excluding steroid dienone is 14. The standard InChI is InChI=1S/C47H76O12S/c1-3-5-7-9-11-13-15-17-19-20-22-24-26-28-30-32-34-36-43(49)58-40(38-57-47-46(52)45(51)44(50)41(59-47)39-60(53,54)55)37-56-42(48)35-33-31-29-27-25-23-21-18-16-14-12-10-8-6-4-2/h6,8,10,12,14,16-19,21-22,24,28,30,40-41,44-47,50-52H,3-5,7,9,11,13,15,20,23,25-27,29,31-39H2,1-2H3,(H,53,54,55)/b8-6+,12-10+,16-14+,19-17+,21-18+,24-22+,30-28+/t40-,41-,44-,45?,46?,47+/m1/s1. The predicted molar refractivity (Wildman–Crippen MR) is 238 cm³/mol. The van der Waals surface area contributed by atoms with Crippen LogP contribution in [0.2, 0.25) is 0 Å². The number of aliphatic hydroxyl groups is 3. The first kappa shape index (κ1) is 54.8. The first-order valence-corrected chi connectivity index (χ1v) is 23.8. The van der Waals surface area contributed by atoms with Crippen molar-refractivity contribution in [2.45, 2.75) is 179 Å². The summed E-state index contributed by atoms with van der Waals surface area (Å²) in [6.07, 6.45) is 37.8. The van der Waals surface area contributed by atoms with Crippen LogP contribution in [0.5, 0.6) is 0 Å². The van der Waals surface area contributed by atoms with E-state index < -0.39 is 71.2 Å². The number of carbonyl (C=O) groups excluding carboxylic acids is 2. The molecule has 2 unspecified atom stereocenters. The quantitative estimate of drug-likeness (QED) is 0.0156. The lowest BCUT2D eigenvalue weighted by atomic mass is 10.00. The monoisotopic (exact) mass is 865 g/mol. The highest BCUT2D eigenvalue weighted by Gasteiger charge is 2.46. The summed E-state index contributed by atoms with van der Waals surface area (Å²) >= 11 is 0. The molecule has 6 atom stereocenters. The van der Waals surface area contributed by atoms with Gasteiger partial charge in [-0.25, -0.2) is 0 Å². The van der Waals surface area contributed by atoms with Gasteiger partial charge in [-0.05, 0) is 64.2 Å². The van der Waals surface area contributed by atoms with Crippen molar-refractivity contribution < 1.29 is 56.8 Å². The lowest BCUT2D eigenvalue weighted by Gasteiger charge is -2.40. The molecule has 0 aromatic heterocycles. The minimum absolute atomic E-state index is 0.0820. The molecule has 4 N–H and O–H groups in total. The molecule has 1 heterocycles. The van der Waals surface area contributed by atoms with Crippen molar-refractivity contribution >= 4 is 22.1 Å². The molecule has 1 saturated heterocycles. The first-order valence-electron chi connectivity index (χ1n) is 22.2. The molecular weight excluding hydrogens is 789 g/mol. The normalized spacial score (nSPS) is 20.9. The van der Waals surface area contributed by atoms with Gasteiger partial charge in [-0.1, -0.05) is 150 Å². The van der Waals surface area contributed by atoms with Crippen LogP contribution in [-0.4, -0.2) is 96.0 Å². The van der Waals surface area contributed by atoms with E-state index in [9.17, 15) is 37.9 Å². The van der Waals surface area contributed by atoms with Gasteiger partial charge in [0.15, 0.2) is 12.4 Å². The summed E-state index contributed by atoms with van der Waals surface area (Å²) in [4.78, 5) is 25.4. The van der Waals surface area contributed by atoms with Crippen LogP contribution < -0.4 is 0 Å². The molecule has 1 aliphatic heterocycles. The van der Waals surface area contributed by atoms with E-state index in [1.165, 1.54) is 38.5 Å². The second-order valence-corrected chi connectivity index (χ2v) is 16.6. The van der Waals surface area contributed by atoms with Gasteiger partial charge in [-0.15, -0.1) is 0 Å². The Hall–Kier alpha value is -3.17. The van der Waals surface area contributed by atoms with Gasteiger partial charge >= 0.3 is 11.9 Å². The number of ether oxygens (including phenoxy) is 4. The predicted octanol–water partition coefficient (Wildman–Crippen LogP) is 8.89. The number of aliphatic hydroxyl groups excluding tert-OH is 3. The second-order valence-electron chi connectivity index (χ2n) is 15.1. The molecule has 0 saturated carbocycles. The van der Waals surface area contributed by atoms with E-state index in [-0.39, 0.29) is 19.4 Å². The van der Waals surface area contributed by atoms with Crippen molar-refractivity contribution in [1.82, 2.24) is 0 Å². The minimum Gasteiger partial charge on any atom is -0.462 e. The molecule has 1 rings (SSSR count). The number of hydrogen-bond donors (Lipinski definition) is 4. The van der Waals surface area contributed by atoms with E-state index >= 15 is 0 Å². The van der Waals surface area contributed by atoms with E-state index in [0.717, 1.165) is 57.8 Å². The summed E-state index contributed by atoms with van der Waals surface area (Å²) in [5.41, 5.74) is 0. The average molecular weight is 865 g/mol. The molecule has 0 aromatic carbocycles. The second kappa shape index (κ2) is 36.5. The van der Waals surface area contributed by atoms with Gasteiger partial charge in [0.05, 0.1) is 6.61 Å². The highest BCUT2D eigenvalue weighted by atomic mass is 32.2. The third-order valence-electron chi connectivity index (χ3n) is 9.55. The van der Waals surface area contributed by atoms with Crippen LogP contribution >= 0.6 is 0 Å². The van der Waals surface area contributed by atoms with E-state index in [0.29, 0.717) is 19.3 Å². The zero-order chi connectivity index (χ0) is 44.1. The molecule has 1 fully saturated rings. The van der Waals surface area contributed by atoms with Gasteiger partial charge in [0.25, 0.3) is 10.1 Å². The maximum absolute atomic E-state index is 12.8. The Balaban J connectivity index is 2.53. The van der Waals surface area contributed by atoms with Gasteiger partial charge in [0.2, 0.25) is 0 Å². The van der Waals surface area contributed by atoms with Crippen LogP contribution in [0.15, 0.2) is 85.1 Å². The Morgan fingerprint density at radius 2 is 1.13 bits per heavy atom. The minimum atomic E-state index is -4.62. The number of rotatable bonds is 35. The van der Waals surface area contributed by atoms with E-state index in [4.69, 9.17) is 18.9 Å². The third-order valence-corrected chi connectivity index (χ3v) is 10.3. The zero-order valence-corrected chi connectivity index (χ0v) is 37.1. The van der Waals surface area contributed by atoms with E-state index in [2.05, 4.69) is 50.3 Å². The Morgan fingerprint density at radius 1 is 0.600 bits per heavy atom. The molecule has 0 bridgehead atoms. The lowest BCUT2D eigenvalue weighted by molar-refractivity contribution is -0.297. The molecule has 0 spiro atoms. The van der Waals surface area contributed by atoms with Crippen LogP contribution in [0.1, 0.15) is 142 Å². The molecule has 13 heteroatoms. The molecule has 0 amide bonds.